The molecule has 1 N–H and O–H groups in total. The number of rotatable bonds is 4. The third-order valence-corrected chi connectivity index (χ3v) is 5.12. The lowest BCUT2D eigenvalue weighted by Crippen LogP contribution is -2.43. The number of hydrogen-bond donors (Lipinski definition) is 1. The number of benzene rings is 2. The summed E-state index contributed by atoms with van der Waals surface area (Å²) in [4.78, 5) is 38.6. The molecule has 2 aliphatic rings. The van der Waals surface area contributed by atoms with Crippen LogP contribution in [0.5, 0.6) is 0 Å². The van der Waals surface area contributed by atoms with Crippen LogP contribution in [0.4, 0.5) is 20.2 Å². The molecule has 0 saturated carbocycles. The highest BCUT2D eigenvalue weighted by molar-refractivity contribution is 6.25. The van der Waals surface area contributed by atoms with Crippen molar-refractivity contribution in [2.24, 2.45) is 10.3 Å². The molecule has 2 heterocycles. The minimum absolute atomic E-state index is 0.104. The van der Waals surface area contributed by atoms with Gasteiger partial charge in [0.05, 0.1) is 5.69 Å². The lowest BCUT2D eigenvalue weighted by molar-refractivity contribution is -0.123. The van der Waals surface area contributed by atoms with Gasteiger partial charge in [0.1, 0.15) is 6.54 Å². The van der Waals surface area contributed by atoms with Gasteiger partial charge in [0.2, 0.25) is 5.91 Å². The van der Waals surface area contributed by atoms with Gasteiger partial charge in [-0.15, -0.1) is 0 Å². The molecule has 0 spiro atoms. The Bertz CT molecular complexity index is 1100. The van der Waals surface area contributed by atoms with Crippen molar-refractivity contribution in [2.75, 3.05) is 16.8 Å². The fourth-order valence-electron chi connectivity index (χ4n) is 3.40. The van der Waals surface area contributed by atoms with Gasteiger partial charge in [-0.3, -0.25) is 19.4 Å². The zero-order valence-electron chi connectivity index (χ0n) is 16.1. The van der Waals surface area contributed by atoms with Gasteiger partial charge in [0, 0.05) is 11.8 Å². The van der Waals surface area contributed by atoms with Gasteiger partial charge in [0.25, 0.3) is 11.8 Å². The summed E-state index contributed by atoms with van der Waals surface area (Å²) >= 11 is 0. The number of imide groups is 1. The van der Waals surface area contributed by atoms with Crippen LogP contribution in [0.15, 0.2) is 46.7 Å². The molecule has 1 fully saturated rings. The molecule has 3 amide bonds. The molecule has 0 aliphatic carbocycles. The molecular formula is C20H17F2N5O3. The Kier molecular flexibility index (Phi) is 4.76. The molecular weight excluding hydrogens is 396 g/mol. The van der Waals surface area contributed by atoms with E-state index in [0.29, 0.717) is 5.69 Å². The maximum atomic E-state index is 13.6. The molecule has 2 atom stereocenters. The van der Waals surface area contributed by atoms with Gasteiger partial charge in [-0.1, -0.05) is 11.3 Å². The maximum Gasteiger partial charge on any atom is 0.263 e. The van der Waals surface area contributed by atoms with Crippen molar-refractivity contribution in [2.45, 2.75) is 25.9 Å². The lowest BCUT2D eigenvalue weighted by Gasteiger charge is -2.20. The van der Waals surface area contributed by atoms with Crippen molar-refractivity contribution < 1.29 is 23.2 Å². The quantitative estimate of drug-likeness (QED) is 0.780. The standard InChI is InChI=1S/C20H17F2N5O3/c1-10-3-4-12(7-11(10)2)23-16(28)9-26-18-17(24-25-26)19(29)27(20(18)30)13-5-6-14(21)15(22)8-13/h3-8,17-18H,9H2,1-2H3,(H,23,28). The Labute approximate surface area is 170 Å². The van der Waals surface area contributed by atoms with Crippen molar-refractivity contribution in [3.63, 3.8) is 0 Å². The van der Waals surface area contributed by atoms with Crippen LogP contribution in [0.25, 0.3) is 0 Å². The number of carbonyl (C=O) groups excluding carboxylic acids is 3. The van der Waals surface area contributed by atoms with E-state index in [4.69, 9.17) is 0 Å². The number of hydrogen-bond acceptors (Lipinski definition) is 6. The van der Waals surface area contributed by atoms with E-state index in [2.05, 4.69) is 15.7 Å². The van der Waals surface area contributed by atoms with E-state index in [1.807, 2.05) is 26.0 Å². The van der Waals surface area contributed by atoms with Crippen molar-refractivity contribution in [1.82, 2.24) is 5.01 Å². The monoisotopic (exact) mass is 413 g/mol. The lowest BCUT2D eigenvalue weighted by atomic mass is 10.1. The third-order valence-electron chi connectivity index (χ3n) is 5.12. The van der Waals surface area contributed by atoms with Crippen molar-refractivity contribution in [1.29, 1.82) is 0 Å². The fourth-order valence-corrected chi connectivity index (χ4v) is 3.40. The van der Waals surface area contributed by atoms with Crippen LogP contribution in [-0.4, -0.2) is 41.4 Å². The van der Waals surface area contributed by atoms with E-state index in [1.165, 1.54) is 0 Å². The molecule has 0 aromatic heterocycles. The number of nitrogens with zero attached hydrogens (tertiary/aromatic N) is 4. The Morgan fingerprint density at radius 3 is 2.50 bits per heavy atom. The third kappa shape index (κ3) is 3.30. The number of nitrogens with one attached hydrogen (secondary N) is 1. The largest absolute Gasteiger partial charge is 0.324 e. The molecule has 10 heteroatoms. The van der Waals surface area contributed by atoms with Gasteiger partial charge in [-0.05, 0) is 49.2 Å². The first kappa shape index (κ1) is 19.6. The van der Waals surface area contributed by atoms with Crippen LogP contribution in [0.1, 0.15) is 11.1 Å². The molecule has 30 heavy (non-hydrogen) atoms. The van der Waals surface area contributed by atoms with Crippen LogP contribution in [-0.2, 0) is 14.4 Å². The van der Waals surface area contributed by atoms with Gasteiger partial charge in [0.15, 0.2) is 23.7 Å². The molecule has 2 aromatic rings. The van der Waals surface area contributed by atoms with Crippen LogP contribution in [0.2, 0.25) is 0 Å². The smallest absolute Gasteiger partial charge is 0.263 e. The summed E-state index contributed by atoms with van der Waals surface area (Å²) in [6.07, 6.45) is 0. The predicted octanol–water partition coefficient (Wildman–Crippen LogP) is 2.51. The summed E-state index contributed by atoms with van der Waals surface area (Å²) in [7, 11) is 0. The summed E-state index contributed by atoms with van der Waals surface area (Å²) in [6, 6.07) is 5.91. The first-order valence-electron chi connectivity index (χ1n) is 9.13. The Morgan fingerprint density at radius 2 is 1.80 bits per heavy atom. The molecule has 0 radical (unpaired) electrons. The number of amides is 3. The second kappa shape index (κ2) is 7.29. The van der Waals surface area contributed by atoms with Gasteiger partial charge in [-0.2, -0.15) is 5.11 Å². The molecule has 1 saturated heterocycles. The van der Waals surface area contributed by atoms with Gasteiger partial charge in [-0.25, -0.2) is 13.7 Å². The molecule has 0 bridgehead atoms. The number of anilines is 2. The SMILES string of the molecule is Cc1ccc(NC(=O)CN2N=NC3C(=O)N(c4ccc(F)c(F)c4)C(=O)C32)cc1C. The first-order valence-corrected chi connectivity index (χ1v) is 9.13. The van der Waals surface area contributed by atoms with Crippen LogP contribution >= 0.6 is 0 Å². The molecule has 2 unspecified atom stereocenters. The normalized spacial score (nSPS) is 20.1. The average molecular weight is 413 g/mol. The van der Waals surface area contributed by atoms with Gasteiger partial charge < -0.3 is 5.32 Å². The maximum absolute atomic E-state index is 13.6. The topological polar surface area (TPSA) is 94.4 Å². The van der Waals surface area contributed by atoms with E-state index in [-0.39, 0.29) is 12.2 Å². The zero-order chi connectivity index (χ0) is 21.6. The Hall–Kier alpha value is -3.69. The van der Waals surface area contributed by atoms with Crippen molar-refractivity contribution >= 4 is 29.1 Å². The van der Waals surface area contributed by atoms with Crippen LogP contribution in [0, 0.1) is 25.5 Å². The number of carbonyl (C=O) groups is 3. The van der Waals surface area contributed by atoms with E-state index < -0.39 is 41.4 Å². The molecule has 8 nitrogen and oxygen atoms in total. The van der Waals surface area contributed by atoms with Crippen LogP contribution < -0.4 is 10.2 Å². The highest BCUT2D eigenvalue weighted by atomic mass is 19.2. The number of fused-ring (bicyclic) bond motifs is 1. The summed E-state index contributed by atoms with van der Waals surface area (Å²) in [5.74, 6) is -4.14. The predicted molar refractivity (Wildman–Crippen MR) is 103 cm³/mol. The molecule has 2 aromatic carbocycles. The van der Waals surface area contributed by atoms with E-state index in [0.717, 1.165) is 39.2 Å². The number of halogens is 2. The minimum atomic E-state index is -1.18. The minimum Gasteiger partial charge on any atom is -0.324 e. The summed E-state index contributed by atoms with van der Waals surface area (Å²) in [5.41, 5.74) is 2.57. The summed E-state index contributed by atoms with van der Waals surface area (Å²) in [6.45, 7) is 3.56. The second-order valence-corrected chi connectivity index (χ2v) is 7.15. The van der Waals surface area contributed by atoms with E-state index >= 15 is 0 Å². The van der Waals surface area contributed by atoms with Crippen molar-refractivity contribution in [3.8, 4) is 0 Å². The van der Waals surface area contributed by atoms with E-state index in [1.54, 1.807) is 6.07 Å². The second-order valence-electron chi connectivity index (χ2n) is 7.15. The Balaban J connectivity index is 1.49. The highest BCUT2D eigenvalue weighted by Gasteiger charge is 2.55. The molecule has 4 rings (SSSR count). The average Bonchev–Trinajstić information content (AvgIpc) is 3.21. The zero-order valence-corrected chi connectivity index (χ0v) is 16.1. The number of aryl methyl sites for hydroxylation is 2. The van der Waals surface area contributed by atoms with Crippen LogP contribution in [0.3, 0.4) is 0 Å². The van der Waals surface area contributed by atoms with E-state index in [9.17, 15) is 23.2 Å². The molecule has 2 aliphatic heterocycles. The van der Waals surface area contributed by atoms with Gasteiger partial charge >= 0.3 is 0 Å². The molecule has 154 valence electrons. The van der Waals surface area contributed by atoms with Crippen molar-refractivity contribution in [3.05, 3.63) is 59.2 Å². The Morgan fingerprint density at radius 1 is 1.03 bits per heavy atom. The summed E-state index contributed by atoms with van der Waals surface area (Å²) in [5, 5.41) is 11.4. The first-order chi connectivity index (χ1) is 14.3. The fraction of sp³-hybridized carbons (Fsp3) is 0.250. The highest BCUT2D eigenvalue weighted by Crippen LogP contribution is 2.32. The summed E-state index contributed by atoms with van der Waals surface area (Å²) < 4.78 is 26.7.